The Labute approximate surface area is 156 Å². The zero-order valence-corrected chi connectivity index (χ0v) is 15.7. The van der Waals surface area contributed by atoms with Gasteiger partial charge in [0.15, 0.2) is 0 Å². The van der Waals surface area contributed by atoms with Gasteiger partial charge in [-0.25, -0.2) is 4.79 Å². The number of benzene rings is 1. The highest BCUT2D eigenvalue weighted by molar-refractivity contribution is 5.84. The van der Waals surface area contributed by atoms with Crippen LogP contribution in [0.25, 0.3) is 0 Å². The predicted molar refractivity (Wildman–Crippen MR) is 102 cm³/mol. The van der Waals surface area contributed by atoms with Crippen molar-refractivity contribution in [3.05, 3.63) is 35.9 Å². The molecule has 0 bridgehead atoms. The molecule has 3 amide bonds. The number of hydrogen-bond acceptors (Lipinski definition) is 3. The van der Waals surface area contributed by atoms with E-state index < -0.39 is 0 Å². The molecule has 2 heterocycles. The van der Waals surface area contributed by atoms with Gasteiger partial charge < -0.3 is 15.1 Å². The number of likely N-dealkylation sites (tertiary alicyclic amines) is 1. The summed E-state index contributed by atoms with van der Waals surface area (Å²) < 4.78 is 0. The van der Waals surface area contributed by atoms with E-state index in [9.17, 15) is 9.59 Å². The van der Waals surface area contributed by atoms with Crippen molar-refractivity contribution in [1.29, 1.82) is 0 Å². The van der Waals surface area contributed by atoms with Crippen LogP contribution in [0.2, 0.25) is 0 Å². The van der Waals surface area contributed by atoms with Crippen molar-refractivity contribution in [2.75, 3.05) is 39.8 Å². The molecule has 1 aromatic carbocycles. The van der Waals surface area contributed by atoms with Crippen LogP contribution < -0.4 is 5.32 Å². The van der Waals surface area contributed by atoms with Gasteiger partial charge in [0.2, 0.25) is 5.91 Å². The summed E-state index contributed by atoms with van der Waals surface area (Å²) in [6.45, 7) is 4.18. The van der Waals surface area contributed by atoms with E-state index in [1.165, 1.54) is 18.4 Å². The second-order valence-corrected chi connectivity index (χ2v) is 7.38. The van der Waals surface area contributed by atoms with Gasteiger partial charge in [0.1, 0.15) is 6.54 Å². The molecule has 6 nitrogen and oxygen atoms in total. The fraction of sp³-hybridized carbons (Fsp3) is 0.600. The van der Waals surface area contributed by atoms with Gasteiger partial charge in [-0.3, -0.25) is 9.69 Å². The van der Waals surface area contributed by atoms with Gasteiger partial charge in [0.25, 0.3) is 0 Å². The largest absolute Gasteiger partial charge is 0.344 e. The van der Waals surface area contributed by atoms with E-state index in [0.717, 1.165) is 32.5 Å². The molecule has 2 fully saturated rings. The Morgan fingerprint density at radius 2 is 1.92 bits per heavy atom. The van der Waals surface area contributed by atoms with E-state index in [1.807, 2.05) is 6.07 Å². The Morgan fingerprint density at radius 3 is 2.73 bits per heavy atom. The molecule has 0 radical (unpaired) electrons. The molecule has 0 aliphatic carbocycles. The Bertz CT molecular complexity index is 607. The number of hydrogen-bond donors (Lipinski definition) is 1. The number of nitrogens with one attached hydrogen (secondary N) is 1. The van der Waals surface area contributed by atoms with Gasteiger partial charge in [-0.1, -0.05) is 36.8 Å². The number of rotatable bonds is 4. The van der Waals surface area contributed by atoms with E-state index in [2.05, 4.69) is 34.5 Å². The third kappa shape index (κ3) is 4.97. The summed E-state index contributed by atoms with van der Waals surface area (Å²) in [5, 5.41) is 3.08. The van der Waals surface area contributed by atoms with Crippen molar-refractivity contribution in [3.8, 4) is 0 Å². The monoisotopic (exact) mass is 358 g/mol. The SMILES string of the molecule is CN1CCCN(C(=O)NC[C@@H]2CCCCN2Cc2ccccc2)CC1=O. The van der Waals surface area contributed by atoms with Gasteiger partial charge in [0.05, 0.1) is 0 Å². The molecule has 6 heteroatoms. The molecule has 142 valence electrons. The smallest absolute Gasteiger partial charge is 0.317 e. The zero-order valence-electron chi connectivity index (χ0n) is 15.7. The number of piperidine rings is 1. The van der Waals surface area contributed by atoms with Crippen LogP contribution in [-0.4, -0.2) is 72.5 Å². The Kier molecular flexibility index (Phi) is 6.50. The highest BCUT2D eigenvalue weighted by atomic mass is 16.2. The molecule has 0 spiro atoms. The van der Waals surface area contributed by atoms with Crippen molar-refractivity contribution in [2.45, 2.75) is 38.3 Å². The molecule has 1 N–H and O–H groups in total. The second-order valence-electron chi connectivity index (χ2n) is 7.38. The van der Waals surface area contributed by atoms with Crippen molar-refractivity contribution in [2.24, 2.45) is 0 Å². The maximum absolute atomic E-state index is 12.5. The van der Waals surface area contributed by atoms with Gasteiger partial charge in [-0.05, 0) is 31.4 Å². The summed E-state index contributed by atoms with van der Waals surface area (Å²) in [4.78, 5) is 30.3. The zero-order chi connectivity index (χ0) is 18.4. The van der Waals surface area contributed by atoms with Crippen LogP contribution in [0.4, 0.5) is 4.79 Å². The number of likely N-dealkylation sites (N-methyl/N-ethyl adjacent to an activating group) is 1. The molecule has 0 unspecified atom stereocenters. The van der Waals surface area contributed by atoms with Crippen LogP contribution >= 0.6 is 0 Å². The van der Waals surface area contributed by atoms with Crippen molar-refractivity contribution in [1.82, 2.24) is 20.0 Å². The van der Waals surface area contributed by atoms with Crippen LogP contribution in [0, 0.1) is 0 Å². The molecule has 1 aromatic rings. The fourth-order valence-corrected chi connectivity index (χ4v) is 3.79. The first kappa shape index (κ1) is 18.7. The lowest BCUT2D eigenvalue weighted by molar-refractivity contribution is -0.129. The fourth-order valence-electron chi connectivity index (χ4n) is 3.79. The number of urea groups is 1. The van der Waals surface area contributed by atoms with E-state index in [1.54, 1.807) is 16.8 Å². The average Bonchev–Trinajstić information content (AvgIpc) is 2.83. The molecule has 0 saturated carbocycles. The number of carbonyl (C=O) groups is 2. The highest BCUT2D eigenvalue weighted by Gasteiger charge is 2.26. The van der Waals surface area contributed by atoms with Gasteiger partial charge in [-0.2, -0.15) is 0 Å². The molecular formula is C20H30N4O2. The van der Waals surface area contributed by atoms with Crippen LogP contribution in [0.15, 0.2) is 30.3 Å². The maximum Gasteiger partial charge on any atom is 0.317 e. The molecule has 0 aromatic heterocycles. The molecular weight excluding hydrogens is 328 g/mol. The third-order valence-corrected chi connectivity index (χ3v) is 5.43. The van der Waals surface area contributed by atoms with Gasteiger partial charge in [0, 0.05) is 39.3 Å². The summed E-state index contributed by atoms with van der Waals surface area (Å²) in [7, 11) is 1.80. The van der Waals surface area contributed by atoms with Crippen LogP contribution in [0.3, 0.4) is 0 Å². The highest BCUT2D eigenvalue weighted by Crippen LogP contribution is 2.19. The minimum atomic E-state index is -0.112. The van der Waals surface area contributed by atoms with Crippen molar-refractivity contribution in [3.63, 3.8) is 0 Å². The summed E-state index contributed by atoms with van der Waals surface area (Å²) in [5.74, 6) is 0.0148. The van der Waals surface area contributed by atoms with E-state index in [0.29, 0.717) is 19.1 Å². The normalized spacial score (nSPS) is 22.2. The molecule has 26 heavy (non-hydrogen) atoms. The predicted octanol–water partition coefficient (Wildman–Crippen LogP) is 1.91. The molecule has 3 rings (SSSR count). The lowest BCUT2D eigenvalue weighted by Gasteiger charge is -2.36. The quantitative estimate of drug-likeness (QED) is 0.895. The maximum atomic E-state index is 12.5. The first-order valence-corrected chi connectivity index (χ1v) is 9.68. The standard InChI is InChI=1S/C20H30N4O2/c1-22-11-7-13-24(16-19(22)25)20(26)21-14-18-10-5-6-12-23(18)15-17-8-3-2-4-9-17/h2-4,8-9,18H,5-7,10-16H2,1H3,(H,21,26)/t18-/m0/s1. The van der Waals surface area contributed by atoms with E-state index in [-0.39, 0.29) is 18.5 Å². The lowest BCUT2D eigenvalue weighted by Crippen LogP contribution is -2.50. The molecule has 2 aliphatic heterocycles. The van der Waals surface area contributed by atoms with Crippen LogP contribution in [-0.2, 0) is 11.3 Å². The van der Waals surface area contributed by atoms with E-state index >= 15 is 0 Å². The summed E-state index contributed by atoms with van der Waals surface area (Å²) in [5.41, 5.74) is 1.31. The number of nitrogens with zero attached hydrogens (tertiary/aromatic N) is 3. The Hall–Kier alpha value is -2.08. The first-order valence-electron chi connectivity index (χ1n) is 9.68. The average molecular weight is 358 g/mol. The number of carbonyl (C=O) groups excluding carboxylic acids is 2. The minimum absolute atomic E-state index is 0.0148. The van der Waals surface area contributed by atoms with Crippen LogP contribution in [0.1, 0.15) is 31.2 Å². The Morgan fingerprint density at radius 1 is 1.12 bits per heavy atom. The third-order valence-electron chi connectivity index (χ3n) is 5.43. The first-order chi connectivity index (χ1) is 12.6. The van der Waals surface area contributed by atoms with Crippen LogP contribution in [0.5, 0.6) is 0 Å². The van der Waals surface area contributed by atoms with Gasteiger partial charge >= 0.3 is 6.03 Å². The van der Waals surface area contributed by atoms with Crippen molar-refractivity contribution >= 4 is 11.9 Å². The summed E-state index contributed by atoms with van der Waals surface area (Å²) >= 11 is 0. The number of amides is 3. The Balaban J connectivity index is 1.53. The van der Waals surface area contributed by atoms with Gasteiger partial charge in [-0.15, -0.1) is 0 Å². The molecule has 2 aliphatic rings. The topological polar surface area (TPSA) is 55.9 Å². The summed E-state index contributed by atoms with van der Waals surface area (Å²) in [6.07, 6.45) is 4.36. The summed E-state index contributed by atoms with van der Waals surface area (Å²) in [6, 6.07) is 10.7. The minimum Gasteiger partial charge on any atom is -0.344 e. The van der Waals surface area contributed by atoms with E-state index in [4.69, 9.17) is 0 Å². The molecule has 1 atom stereocenters. The second kappa shape index (κ2) is 9.03. The molecule has 2 saturated heterocycles. The van der Waals surface area contributed by atoms with Crippen molar-refractivity contribution < 1.29 is 9.59 Å². The lowest BCUT2D eigenvalue weighted by atomic mass is 10.0.